The van der Waals surface area contributed by atoms with Gasteiger partial charge in [-0.2, -0.15) is 0 Å². The lowest BCUT2D eigenvalue weighted by Gasteiger charge is -2.15. The lowest BCUT2D eigenvalue weighted by atomic mass is 10.1. The number of carbonyl (C=O) groups excluding carboxylic acids is 2. The van der Waals surface area contributed by atoms with Crippen molar-refractivity contribution in [3.05, 3.63) is 12.2 Å². The first-order valence-electron chi connectivity index (χ1n) is 5.89. The fourth-order valence-electron chi connectivity index (χ4n) is 1.26. The Bertz CT molecular complexity index is 264. The minimum absolute atomic E-state index is 0.163. The van der Waals surface area contributed by atoms with E-state index in [0.29, 0.717) is 26.2 Å². The maximum Gasteiger partial charge on any atom is 0.242 e. The van der Waals surface area contributed by atoms with Gasteiger partial charge >= 0.3 is 0 Å². The van der Waals surface area contributed by atoms with E-state index in [-0.39, 0.29) is 11.8 Å². The fourth-order valence-corrected chi connectivity index (χ4v) is 1.26. The van der Waals surface area contributed by atoms with E-state index < -0.39 is 6.04 Å². The van der Waals surface area contributed by atoms with E-state index in [4.69, 9.17) is 4.74 Å². The lowest BCUT2D eigenvalue weighted by Crippen LogP contribution is -2.45. The van der Waals surface area contributed by atoms with Gasteiger partial charge < -0.3 is 15.4 Å². The van der Waals surface area contributed by atoms with Crippen molar-refractivity contribution in [2.45, 2.75) is 33.2 Å². The van der Waals surface area contributed by atoms with Gasteiger partial charge in [-0.3, -0.25) is 9.59 Å². The molecule has 1 atom stereocenters. The highest BCUT2D eigenvalue weighted by molar-refractivity contribution is 5.86. The average molecular weight is 242 g/mol. The Kier molecular flexibility index (Phi) is 9.05. The summed E-state index contributed by atoms with van der Waals surface area (Å²) >= 11 is 0. The second kappa shape index (κ2) is 9.84. The van der Waals surface area contributed by atoms with E-state index in [1.54, 1.807) is 0 Å². The van der Waals surface area contributed by atoms with Crippen molar-refractivity contribution in [3.63, 3.8) is 0 Å². The van der Waals surface area contributed by atoms with Crippen LogP contribution in [-0.4, -0.2) is 37.6 Å². The number of ether oxygens (including phenoxy) is 1. The van der Waals surface area contributed by atoms with Crippen molar-refractivity contribution in [2.24, 2.45) is 0 Å². The Morgan fingerprint density at radius 2 is 2.00 bits per heavy atom. The predicted octanol–water partition coefficient (Wildman–Crippen LogP) is 0.610. The third kappa shape index (κ3) is 8.45. The van der Waals surface area contributed by atoms with Gasteiger partial charge in [-0.1, -0.05) is 12.2 Å². The van der Waals surface area contributed by atoms with Crippen molar-refractivity contribution in [1.29, 1.82) is 0 Å². The van der Waals surface area contributed by atoms with Crippen LogP contribution in [0.4, 0.5) is 0 Å². The molecule has 0 aromatic rings. The highest BCUT2D eigenvalue weighted by Gasteiger charge is 2.16. The quantitative estimate of drug-likeness (QED) is 0.484. The number of amides is 2. The van der Waals surface area contributed by atoms with Crippen LogP contribution in [0.5, 0.6) is 0 Å². The van der Waals surface area contributed by atoms with Gasteiger partial charge in [-0.15, -0.1) is 0 Å². The molecule has 0 rings (SSSR count). The SMILES string of the molecule is CCNC(=O)[C@H](C/C=C/COCC)NC(C)=O. The minimum atomic E-state index is -0.509. The van der Waals surface area contributed by atoms with Crippen molar-refractivity contribution < 1.29 is 14.3 Å². The maximum absolute atomic E-state index is 11.6. The Morgan fingerprint density at radius 3 is 2.53 bits per heavy atom. The predicted molar refractivity (Wildman–Crippen MR) is 66.5 cm³/mol. The molecule has 0 unspecified atom stereocenters. The molecule has 2 N–H and O–H groups in total. The molecular formula is C12H22N2O3. The number of nitrogens with one attached hydrogen (secondary N) is 2. The molecule has 0 fully saturated rings. The highest BCUT2D eigenvalue weighted by Crippen LogP contribution is 1.95. The van der Waals surface area contributed by atoms with E-state index in [0.717, 1.165) is 0 Å². The first-order valence-corrected chi connectivity index (χ1v) is 5.89. The standard InChI is InChI=1S/C12H22N2O3/c1-4-13-12(16)11(14-10(3)15)8-6-7-9-17-5-2/h6-7,11H,4-5,8-9H2,1-3H3,(H,13,16)(H,14,15)/b7-6+/t11-/m0/s1. The first kappa shape index (κ1) is 15.6. The van der Waals surface area contributed by atoms with Crippen LogP contribution >= 0.6 is 0 Å². The summed E-state index contributed by atoms with van der Waals surface area (Å²) in [5, 5.41) is 5.30. The molecule has 0 aliphatic carbocycles. The smallest absolute Gasteiger partial charge is 0.242 e. The van der Waals surface area contributed by atoms with Crippen molar-refractivity contribution in [2.75, 3.05) is 19.8 Å². The molecule has 0 aliphatic heterocycles. The van der Waals surface area contributed by atoms with Gasteiger partial charge in [0.25, 0.3) is 0 Å². The Balaban J connectivity index is 4.14. The molecule has 0 radical (unpaired) electrons. The number of likely N-dealkylation sites (N-methyl/N-ethyl adjacent to an activating group) is 1. The Morgan fingerprint density at radius 1 is 1.29 bits per heavy atom. The summed E-state index contributed by atoms with van der Waals surface area (Å²) in [7, 11) is 0. The zero-order chi connectivity index (χ0) is 13.1. The van der Waals surface area contributed by atoms with Crippen LogP contribution in [0.1, 0.15) is 27.2 Å². The van der Waals surface area contributed by atoms with E-state index in [2.05, 4.69) is 10.6 Å². The van der Waals surface area contributed by atoms with Crippen LogP contribution in [-0.2, 0) is 14.3 Å². The number of hydrogen-bond acceptors (Lipinski definition) is 3. The van der Waals surface area contributed by atoms with Crippen LogP contribution in [0.15, 0.2) is 12.2 Å². The van der Waals surface area contributed by atoms with Crippen LogP contribution in [0, 0.1) is 0 Å². The third-order valence-corrected chi connectivity index (χ3v) is 2.00. The molecule has 0 bridgehead atoms. The summed E-state index contributed by atoms with van der Waals surface area (Å²) in [6, 6.07) is -0.509. The summed E-state index contributed by atoms with van der Waals surface area (Å²) in [5.74, 6) is -0.372. The van der Waals surface area contributed by atoms with Crippen LogP contribution in [0.3, 0.4) is 0 Å². The summed E-state index contributed by atoms with van der Waals surface area (Å²) in [4.78, 5) is 22.6. The second-order valence-corrected chi connectivity index (χ2v) is 3.51. The van der Waals surface area contributed by atoms with Gasteiger partial charge in [0.05, 0.1) is 6.61 Å². The maximum atomic E-state index is 11.6. The normalized spacial score (nSPS) is 12.4. The summed E-state index contributed by atoms with van der Waals surface area (Å²) in [6.45, 7) is 6.90. The molecule has 0 spiro atoms. The largest absolute Gasteiger partial charge is 0.378 e. The Labute approximate surface area is 103 Å². The molecule has 0 saturated carbocycles. The zero-order valence-corrected chi connectivity index (χ0v) is 10.8. The van der Waals surface area contributed by atoms with E-state index in [1.807, 2.05) is 26.0 Å². The van der Waals surface area contributed by atoms with Crippen molar-refractivity contribution in [1.82, 2.24) is 10.6 Å². The van der Waals surface area contributed by atoms with Crippen molar-refractivity contribution in [3.8, 4) is 0 Å². The fraction of sp³-hybridized carbons (Fsp3) is 0.667. The molecule has 0 heterocycles. The summed E-state index contributed by atoms with van der Waals surface area (Å²) in [6.07, 6.45) is 4.15. The molecule has 98 valence electrons. The number of rotatable bonds is 8. The van der Waals surface area contributed by atoms with E-state index in [1.165, 1.54) is 6.92 Å². The van der Waals surface area contributed by atoms with Gasteiger partial charge in [-0.25, -0.2) is 0 Å². The summed E-state index contributed by atoms with van der Waals surface area (Å²) < 4.78 is 5.13. The van der Waals surface area contributed by atoms with Gasteiger partial charge in [0.1, 0.15) is 6.04 Å². The van der Waals surface area contributed by atoms with Crippen LogP contribution in [0.25, 0.3) is 0 Å². The third-order valence-electron chi connectivity index (χ3n) is 2.00. The first-order chi connectivity index (χ1) is 8.11. The van der Waals surface area contributed by atoms with Crippen molar-refractivity contribution >= 4 is 11.8 Å². The molecule has 17 heavy (non-hydrogen) atoms. The second-order valence-electron chi connectivity index (χ2n) is 3.51. The van der Waals surface area contributed by atoms with Gasteiger partial charge in [0, 0.05) is 20.1 Å². The van der Waals surface area contributed by atoms with E-state index >= 15 is 0 Å². The van der Waals surface area contributed by atoms with Gasteiger partial charge in [-0.05, 0) is 20.3 Å². The van der Waals surface area contributed by atoms with Gasteiger partial charge in [0.15, 0.2) is 0 Å². The van der Waals surface area contributed by atoms with Crippen LogP contribution < -0.4 is 10.6 Å². The molecule has 2 amide bonds. The molecule has 0 aliphatic rings. The molecule has 0 aromatic carbocycles. The number of carbonyl (C=O) groups is 2. The number of hydrogen-bond donors (Lipinski definition) is 2. The molecule has 0 saturated heterocycles. The zero-order valence-electron chi connectivity index (χ0n) is 10.8. The molecule has 5 nitrogen and oxygen atoms in total. The summed E-state index contributed by atoms with van der Waals surface area (Å²) in [5.41, 5.74) is 0. The topological polar surface area (TPSA) is 67.4 Å². The van der Waals surface area contributed by atoms with Crippen LogP contribution in [0.2, 0.25) is 0 Å². The average Bonchev–Trinajstić information content (AvgIpc) is 2.27. The Hall–Kier alpha value is -1.36. The minimum Gasteiger partial charge on any atom is -0.378 e. The van der Waals surface area contributed by atoms with E-state index in [9.17, 15) is 9.59 Å². The van der Waals surface area contributed by atoms with Gasteiger partial charge in [0.2, 0.25) is 11.8 Å². The lowest BCUT2D eigenvalue weighted by molar-refractivity contribution is -0.127. The highest BCUT2D eigenvalue weighted by atomic mass is 16.5. The molecule has 0 aromatic heterocycles. The molecule has 5 heteroatoms. The monoisotopic (exact) mass is 242 g/mol. The molecular weight excluding hydrogens is 220 g/mol.